The zero-order valence-corrected chi connectivity index (χ0v) is 8.79. The van der Waals surface area contributed by atoms with Gasteiger partial charge in [-0.1, -0.05) is 0 Å². The maximum absolute atomic E-state index is 8.89. The lowest BCUT2D eigenvalue weighted by Gasteiger charge is -2.07. The number of aromatic nitrogens is 1. The van der Waals surface area contributed by atoms with E-state index in [2.05, 4.69) is 6.07 Å². The first-order valence-corrected chi connectivity index (χ1v) is 4.47. The molecule has 0 aliphatic rings. The monoisotopic (exact) mass is 193 g/mol. The van der Waals surface area contributed by atoms with Gasteiger partial charge in [0.1, 0.15) is 11.9 Å². The molecule has 0 radical (unpaired) electrons. The number of hydrogen-bond donors (Lipinski definition) is 1. The smallest absolute Gasteiger partial charge is 0.122 e. The molecule has 76 valence electrons. The third-order valence-electron chi connectivity index (χ3n) is 2.50. The van der Waals surface area contributed by atoms with Crippen LogP contribution < -0.4 is 5.73 Å². The minimum atomic E-state index is 0.541. The number of methoxy groups -OCH3 is 1. The summed E-state index contributed by atoms with van der Waals surface area (Å²) in [6.07, 6.45) is 0. The molecule has 0 aromatic carbocycles. The maximum atomic E-state index is 8.89. The Morgan fingerprint density at radius 3 is 2.57 bits per heavy atom. The van der Waals surface area contributed by atoms with E-state index >= 15 is 0 Å². The van der Waals surface area contributed by atoms with Crippen LogP contribution in [-0.2, 0) is 11.3 Å². The largest absolute Gasteiger partial charge is 0.384 e. The third kappa shape index (κ3) is 1.59. The topological polar surface area (TPSA) is 64.0 Å². The molecule has 1 rings (SSSR count). The Morgan fingerprint density at radius 1 is 1.50 bits per heavy atom. The van der Waals surface area contributed by atoms with E-state index in [0.717, 1.165) is 11.3 Å². The standard InChI is InChI=1S/C10H15N3O/c1-7-8(2)13(4-5-14-3)10(12)9(7)6-11/h4-5,12H2,1-3H3. The van der Waals surface area contributed by atoms with Crippen LogP contribution in [0.5, 0.6) is 0 Å². The van der Waals surface area contributed by atoms with Crippen molar-refractivity contribution < 1.29 is 4.74 Å². The zero-order valence-electron chi connectivity index (χ0n) is 8.79. The van der Waals surface area contributed by atoms with Gasteiger partial charge in [-0.25, -0.2) is 0 Å². The Labute approximate surface area is 83.9 Å². The molecule has 0 saturated heterocycles. The van der Waals surface area contributed by atoms with E-state index in [0.29, 0.717) is 24.5 Å². The number of rotatable bonds is 3. The summed E-state index contributed by atoms with van der Waals surface area (Å²) in [6.45, 7) is 5.16. The van der Waals surface area contributed by atoms with Crippen LogP contribution >= 0.6 is 0 Å². The molecule has 0 unspecified atom stereocenters. The van der Waals surface area contributed by atoms with Crippen LogP contribution in [0.15, 0.2) is 0 Å². The molecule has 0 amide bonds. The van der Waals surface area contributed by atoms with Gasteiger partial charge in [0.2, 0.25) is 0 Å². The Hall–Kier alpha value is -1.47. The van der Waals surface area contributed by atoms with Crippen molar-refractivity contribution in [2.24, 2.45) is 0 Å². The minimum absolute atomic E-state index is 0.541. The van der Waals surface area contributed by atoms with Crippen molar-refractivity contribution in [3.63, 3.8) is 0 Å². The fourth-order valence-corrected chi connectivity index (χ4v) is 1.50. The van der Waals surface area contributed by atoms with Crippen molar-refractivity contribution in [1.29, 1.82) is 5.26 Å². The van der Waals surface area contributed by atoms with E-state index in [4.69, 9.17) is 15.7 Å². The highest BCUT2D eigenvalue weighted by molar-refractivity contribution is 5.57. The molecule has 1 aromatic heterocycles. The van der Waals surface area contributed by atoms with Crippen LogP contribution in [0.3, 0.4) is 0 Å². The predicted octanol–water partition coefficient (Wildman–Crippen LogP) is 1.21. The van der Waals surface area contributed by atoms with E-state index in [1.807, 2.05) is 18.4 Å². The molecular weight excluding hydrogens is 178 g/mol. The van der Waals surface area contributed by atoms with Gasteiger partial charge in [0, 0.05) is 19.3 Å². The van der Waals surface area contributed by atoms with Crippen LogP contribution in [0.4, 0.5) is 5.82 Å². The van der Waals surface area contributed by atoms with Gasteiger partial charge < -0.3 is 15.0 Å². The first kappa shape index (κ1) is 10.6. The molecular formula is C10H15N3O. The lowest BCUT2D eigenvalue weighted by atomic mass is 10.2. The molecule has 4 heteroatoms. The summed E-state index contributed by atoms with van der Waals surface area (Å²) in [5, 5.41) is 8.89. The molecule has 0 aliphatic heterocycles. The summed E-state index contributed by atoms with van der Waals surface area (Å²) in [4.78, 5) is 0. The number of nitriles is 1. The van der Waals surface area contributed by atoms with Crippen molar-refractivity contribution in [2.75, 3.05) is 19.5 Å². The van der Waals surface area contributed by atoms with Gasteiger partial charge in [-0.15, -0.1) is 0 Å². The van der Waals surface area contributed by atoms with Crippen LogP contribution in [0, 0.1) is 25.2 Å². The molecule has 2 N–H and O–H groups in total. The average molecular weight is 193 g/mol. The molecule has 0 fully saturated rings. The van der Waals surface area contributed by atoms with Crippen LogP contribution in [-0.4, -0.2) is 18.3 Å². The molecule has 0 spiro atoms. The zero-order chi connectivity index (χ0) is 10.7. The number of anilines is 1. The average Bonchev–Trinajstić information content (AvgIpc) is 2.37. The highest BCUT2D eigenvalue weighted by Gasteiger charge is 2.14. The van der Waals surface area contributed by atoms with E-state index in [1.54, 1.807) is 7.11 Å². The third-order valence-corrected chi connectivity index (χ3v) is 2.50. The minimum Gasteiger partial charge on any atom is -0.384 e. The Morgan fingerprint density at radius 2 is 2.14 bits per heavy atom. The molecule has 0 aliphatic carbocycles. The fourth-order valence-electron chi connectivity index (χ4n) is 1.50. The molecule has 1 heterocycles. The fraction of sp³-hybridized carbons (Fsp3) is 0.500. The molecule has 14 heavy (non-hydrogen) atoms. The first-order valence-electron chi connectivity index (χ1n) is 4.47. The molecule has 1 aromatic rings. The van der Waals surface area contributed by atoms with E-state index in [-0.39, 0.29) is 0 Å². The van der Waals surface area contributed by atoms with Gasteiger partial charge in [0.15, 0.2) is 0 Å². The quantitative estimate of drug-likeness (QED) is 0.784. The normalized spacial score (nSPS) is 10.1. The summed E-state index contributed by atoms with van der Waals surface area (Å²) >= 11 is 0. The Balaban J connectivity index is 3.12. The highest BCUT2D eigenvalue weighted by atomic mass is 16.5. The molecule has 0 atom stereocenters. The second-order valence-electron chi connectivity index (χ2n) is 3.23. The number of nitrogens with zero attached hydrogens (tertiary/aromatic N) is 2. The molecule has 0 bridgehead atoms. The van der Waals surface area contributed by atoms with Crippen molar-refractivity contribution in [2.45, 2.75) is 20.4 Å². The summed E-state index contributed by atoms with van der Waals surface area (Å²) < 4.78 is 6.89. The van der Waals surface area contributed by atoms with Crippen LogP contribution in [0.25, 0.3) is 0 Å². The second kappa shape index (κ2) is 4.16. The van der Waals surface area contributed by atoms with Crippen molar-refractivity contribution in [3.8, 4) is 6.07 Å². The lowest BCUT2D eigenvalue weighted by molar-refractivity contribution is 0.187. The van der Waals surface area contributed by atoms with Gasteiger partial charge in [0.25, 0.3) is 0 Å². The maximum Gasteiger partial charge on any atom is 0.122 e. The highest BCUT2D eigenvalue weighted by Crippen LogP contribution is 2.22. The van der Waals surface area contributed by atoms with Gasteiger partial charge in [-0.2, -0.15) is 5.26 Å². The lowest BCUT2D eigenvalue weighted by Crippen LogP contribution is -2.09. The number of nitrogen functional groups attached to an aromatic ring is 1. The van der Waals surface area contributed by atoms with Gasteiger partial charge >= 0.3 is 0 Å². The van der Waals surface area contributed by atoms with Crippen molar-refractivity contribution in [3.05, 3.63) is 16.8 Å². The molecule has 4 nitrogen and oxygen atoms in total. The van der Waals surface area contributed by atoms with E-state index < -0.39 is 0 Å². The summed E-state index contributed by atoms with van der Waals surface area (Å²) in [6, 6.07) is 2.11. The van der Waals surface area contributed by atoms with Crippen molar-refractivity contribution >= 4 is 5.82 Å². The second-order valence-corrected chi connectivity index (χ2v) is 3.23. The Kier molecular flexibility index (Phi) is 3.15. The summed E-state index contributed by atoms with van der Waals surface area (Å²) in [7, 11) is 1.65. The van der Waals surface area contributed by atoms with E-state index in [9.17, 15) is 0 Å². The number of nitrogens with two attached hydrogens (primary N) is 1. The van der Waals surface area contributed by atoms with Gasteiger partial charge in [-0.3, -0.25) is 0 Å². The molecule has 0 saturated carbocycles. The number of ether oxygens (including phenoxy) is 1. The summed E-state index contributed by atoms with van der Waals surface area (Å²) in [5.74, 6) is 0.541. The summed E-state index contributed by atoms with van der Waals surface area (Å²) in [5.41, 5.74) is 8.42. The first-order chi connectivity index (χ1) is 6.63. The number of hydrogen-bond acceptors (Lipinski definition) is 3. The van der Waals surface area contributed by atoms with Gasteiger partial charge in [-0.05, 0) is 19.4 Å². The van der Waals surface area contributed by atoms with Gasteiger partial charge in [0.05, 0.1) is 12.2 Å². The Bertz CT molecular complexity index is 374. The van der Waals surface area contributed by atoms with Crippen LogP contribution in [0.2, 0.25) is 0 Å². The van der Waals surface area contributed by atoms with Crippen LogP contribution in [0.1, 0.15) is 16.8 Å². The predicted molar refractivity (Wildman–Crippen MR) is 54.9 cm³/mol. The van der Waals surface area contributed by atoms with E-state index in [1.165, 1.54) is 0 Å². The SMILES string of the molecule is COCCn1c(C)c(C)c(C#N)c1N. The van der Waals surface area contributed by atoms with Crippen molar-refractivity contribution in [1.82, 2.24) is 4.57 Å².